The van der Waals surface area contributed by atoms with Gasteiger partial charge in [0.15, 0.2) is 0 Å². The van der Waals surface area contributed by atoms with Gasteiger partial charge in [0.25, 0.3) is 0 Å². The number of piperidine rings is 1. The summed E-state index contributed by atoms with van der Waals surface area (Å²) in [5.41, 5.74) is 2.63. The highest BCUT2D eigenvalue weighted by molar-refractivity contribution is 5.82. The van der Waals surface area contributed by atoms with Gasteiger partial charge in [0.05, 0.1) is 17.7 Å². The maximum atomic E-state index is 12.3. The third-order valence-corrected chi connectivity index (χ3v) is 4.35. The molecule has 6 heteroatoms. The molecule has 1 aliphatic rings. The average Bonchev–Trinajstić information content (AvgIpc) is 2.66. The SMILES string of the molecule is CCCN1C(=O)CCC(C(=O)O)C1c1c(C)nn(C)c1C. The molecule has 1 aromatic rings. The summed E-state index contributed by atoms with van der Waals surface area (Å²) < 4.78 is 1.76. The van der Waals surface area contributed by atoms with Gasteiger partial charge in [-0.15, -0.1) is 0 Å². The summed E-state index contributed by atoms with van der Waals surface area (Å²) in [5.74, 6) is -1.35. The number of amides is 1. The minimum atomic E-state index is -0.837. The maximum Gasteiger partial charge on any atom is 0.308 e. The van der Waals surface area contributed by atoms with Crippen molar-refractivity contribution < 1.29 is 14.7 Å². The number of hydrogen-bond acceptors (Lipinski definition) is 3. The fourth-order valence-corrected chi connectivity index (χ4v) is 3.29. The first-order valence-electron chi connectivity index (χ1n) is 7.40. The Labute approximate surface area is 124 Å². The Bertz CT molecular complexity index is 565. The second-order valence-electron chi connectivity index (χ2n) is 5.72. The van der Waals surface area contributed by atoms with Crippen LogP contribution in [0.5, 0.6) is 0 Å². The number of aliphatic carboxylic acids is 1. The fourth-order valence-electron chi connectivity index (χ4n) is 3.29. The third kappa shape index (κ3) is 2.66. The van der Waals surface area contributed by atoms with Gasteiger partial charge in [0, 0.05) is 31.3 Å². The van der Waals surface area contributed by atoms with E-state index < -0.39 is 17.9 Å². The fraction of sp³-hybridized carbons (Fsp3) is 0.667. The quantitative estimate of drug-likeness (QED) is 0.918. The van der Waals surface area contributed by atoms with E-state index >= 15 is 0 Å². The zero-order valence-electron chi connectivity index (χ0n) is 13.1. The van der Waals surface area contributed by atoms with E-state index in [1.54, 1.807) is 9.58 Å². The first kappa shape index (κ1) is 15.5. The molecule has 2 atom stereocenters. The molecule has 1 aliphatic heterocycles. The summed E-state index contributed by atoms with van der Waals surface area (Å²) in [6.07, 6.45) is 1.52. The maximum absolute atomic E-state index is 12.3. The van der Waals surface area contributed by atoms with Crippen LogP contribution in [0.25, 0.3) is 0 Å². The van der Waals surface area contributed by atoms with Gasteiger partial charge in [-0.3, -0.25) is 14.3 Å². The van der Waals surface area contributed by atoms with Crippen LogP contribution in [0, 0.1) is 19.8 Å². The van der Waals surface area contributed by atoms with Gasteiger partial charge in [-0.05, 0) is 26.7 Å². The second kappa shape index (κ2) is 5.87. The molecule has 1 N–H and O–H groups in total. The molecule has 21 heavy (non-hydrogen) atoms. The van der Waals surface area contributed by atoms with E-state index in [0.29, 0.717) is 19.4 Å². The van der Waals surface area contributed by atoms with E-state index in [9.17, 15) is 14.7 Å². The van der Waals surface area contributed by atoms with Crippen LogP contribution in [-0.2, 0) is 16.6 Å². The molecule has 1 aromatic heterocycles. The summed E-state index contributed by atoms with van der Waals surface area (Å²) in [4.78, 5) is 25.7. The molecule has 0 saturated carbocycles. The molecule has 6 nitrogen and oxygen atoms in total. The summed E-state index contributed by atoms with van der Waals surface area (Å²) in [6, 6.07) is -0.405. The smallest absolute Gasteiger partial charge is 0.308 e. The van der Waals surface area contributed by atoms with Crippen molar-refractivity contribution in [2.45, 2.75) is 46.1 Å². The van der Waals surface area contributed by atoms with E-state index in [1.165, 1.54) is 0 Å². The Balaban J connectivity index is 2.54. The Morgan fingerprint density at radius 3 is 2.57 bits per heavy atom. The van der Waals surface area contributed by atoms with Crippen LogP contribution >= 0.6 is 0 Å². The Morgan fingerprint density at radius 1 is 1.43 bits per heavy atom. The van der Waals surface area contributed by atoms with E-state index in [1.807, 2.05) is 27.8 Å². The number of rotatable bonds is 4. The molecule has 0 radical (unpaired) electrons. The van der Waals surface area contributed by atoms with Gasteiger partial charge < -0.3 is 10.0 Å². The Morgan fingerprint density at radius 2 is 2.10 bits per heavy atom. The first-order chi connectivity index (χ1) is 9.88. The van der Waals surface area contributed by atoms with Crippen molar-refractivity contribution in [3.8, 4) is 0 Å². The highest BCUT2D eigenvalue weighted by Crippen LogP contribution is 2.39. The van der Waals surface area contributed by atoms with Crippen molar-refractivity contribution >= 4 is 11.9 Å². The van der Waals surface area contributed by atoms with Gasteiger partial charge in [-0.1, -0.05) is 6.92 Å². The van der Waals surface area contributed by atoms with Crippen molar-refractivity contribution in [1.82, 2.24) is 14.7 Å². The van der Waals surface area contributed by atoms with Gasteiger partial charge in [0.1, 0.15) is 0 Å². The predicted molar refractivity (Wildman–Crippen MR) is 77.8 cm³/mol. The molecular formula is C15H23N3O3. The molecule has 0 aromatic carbocycles. The molecule has 0 aliphatic carbocycles. The van der Waals surface area contributed by atoms with E-state index in [0.717, 1.165) is 23.4 Å². The number of likely N-dealkylation sites (tertiary alicyclic amines) is 1. The van der Waals surface area contributed by atoms with Crippen LogP contribution in [0.15, 0.2) is 0 Å². The van der Waals surface area contributed by atoms with E-state index in [4.69, 9.17) is 0 Å². The minimum Gasteiger partial charge on any atom is -0.481 e. The molecule has 0 spiro atoms. The highest BCUT2D eigenvalue weighted by atomic mass is 16.4. The van der Waals surface area contributed by atoms with Crippen LogP contribution < -0.4 is 0 Å². The number of carboxylic acid groups (broad SMARTS) is 1. The lowest BCUT2D eigenvalue weighted by molar-refractivity contribution is -0.152. The monoisotopic (exact) mass is 293 g/mol. The Kier molecular flexibility index (Phi) is 4.34. The number of aromatic nitrogens is 2. The summed E-state index contributed by atoms with van der Waals surface area (Å²) in [5, 5.41) is 14.0. The van der Waals surface area contributed by atoms with Gasteiger partial charge >= 0.3 is 5.97 Å². The number of carbonyl (C=O) groups excluding carboxylic acids is 1. The summed E-state index contributed by atoms with van der Waals surface area (Å²) in [6.45, 7) is 6.39. The summed E-state index contributed by atoms with van der Waals surface area (Å²) in [7, 11) is 1.84. The lowest BCUT2D eigenvalue weighted by atomic mass is 9.83. The van der Waals surface area contributed by atoms with Gasteiger partial charge in [-0.25, -0.2) is 0 Å². The van der Waals surface area contributed by atoms with Crippen molar-refractivity contribution in [3.05, 3.63) is 17.0 Å². The predicted octanol–water partition coefficient (Wildman–Crippen LogP) is 1.81. The summed E-state index contributed by atoms with van der Waals surface area (Å²) >= 11 is 0. The minimum absolute atomic E-state index is 0.0435. The average molecular weight is 293 g/mol. The molecule has 1 saturated heterocycles. The molecule has 2 rings (SSSR count). The van der Waals surface area contributed by atoms with Gasteiger partial charge in [-0.2, -0.15) is 5.10 Å². The topological polar surface area (TPSA) is 75.4 Å². The lowest BCUT2D eigenvalue weighted by Crippen LogP contribution is -2.46. The second-order valence-corrected chi connectivity index (χ2v) is 5.72. The molecular weight excluding hydrogens is 270 g/mol. The molecule has 116 valence electrons. The van der Waals surface area contributed by atoms with E-state index in [-0.39, 0.29) is 5.91 Å². The largest absolute Gasteiger partial charge is 0.481 e. The highest BCUT2D eigenvalue weighted by Gasteiger charge is 2.42. The van der Waals surface area contributed by atoms with Crippen molar-refractivity contribution in [2.24, 2.45) is 13.0 Å². The lowest BCUT2D eigenvalue weighted by Gasteiger charge is -2.39. The van der Waals surface area contributed by atoms with Crippen LogP contribution in [0.2, 0.25) is 0 Å². The van der Waals surface area contributed by atoms with Crippen LogP contribution in [0.3, 0.4) is 0 Å². The molecule has 1 fully saturated rings. The van der Waals surface area contributed by atoms with Gasteiger partial charge in [0.2, 0.25) is 5.91 Å². The number of aryl methyl sites for hydroxylation is 2. The standard InChI is InChI=1S/C15H23N3O3/c1-5-8-18-12(19)7-6-11(15(20)21)14(18)13-9(2)16-17(4)10(13)3/h11,14H,5-8H2,1-4H3,(H,20,21). The van der Waals surface area contributed by atoms with Crippen molar-refractivity contribution in [3.63, 3.8) is 0 Å². The molecule has 0 bridgehead atoms. The Hall–Kier alpha value is -1.85. The van der Waals surface area contributed by atoms with E-state index in [2.05, 4.69) is 5.10 Å². The zero-order chi connectivity index (χ0) is 15.7. The zero-order valence-corrected chi connectivity index (χ0v) is 13.1. The van der Waals surface area contributed by atoms with Crippen LogP contribution in [0.4, 0.5) is 0 Å². The number of carbonyl (C=O) groups is 2. The van der Waals surface area contributed by atoms with Crippen molar-refractivity contribution in [1.29, 1.82) is 0 Å². The molecule has 2 heterocycles. The third-order valence-electron chi connectivity index (χ3n) is 4.35. The van der Waals surface area contributed by atoms with Crippen LogP contribution in [-0.4, -0.2) is 38.2 Å². The molecule has 2 unspecified atom stereocenters. The number of hydrogen-bond donors (Lipinski definition) is 1. The first-order valence-corrected chi connectivity index (χ1v) is 7.40. The number of nitrogens with zero attached hydrogens (tertiary/aromatic N) is 3. The number of carboxylic acids is 1. The molecule has 1 amide bonds. The van der Waals surface area contributed by atoms with Crippen LogP contribution in [0.1, 0.15) is 49.2 Å². The van der Waals surface area contributed by atoms with Crippen molar-refractivity contribution in [2.75, 3.05) is 6.54 Å². The normalized spacial score (nSPS) is 22.7.